The second-order valence-corrected chi connectivity index (χ2v) is 5.91. The molecule has 2 aromatic rings. The van der Waals surface area contributed by atoms with E-state index in [2.05, 4.69) is 35.9 Å². The smallest absolute Gasteiger partial charge is 0.127 e. The molecule has 102 valence electrons. The highest BCUT2D eigenvalue weighted by Gasteiger charge is 2.10. The van der Waals surface area contributed by atoms with Crippen molar-refractivity contribution in [2.75, 3.05) is 5.75 Å². The van der Waals surface area contributed by atoms with Gasteiger partial charge in [-0.25, -0.2) is 4.09 Å². The van der Waals surface area contributed by atoms with Crippen LogP contribution in [0, 0.1) is 0 Å². The molecule has 0 bridgehead atoms. The van der Waals surface area contributed by atoms with Crippen LogP contribution >= 0.6 is 24.6 Å². The van der Waals surface area contributed by atoms with Crippen LogP contribution < -0.4 is 0 Å². The summed E-state index contributed by atoms with van der Waals surface area (Å²) < 4.78 is 1.58. The van der Waals surface area contributed by atoms with Crippen molar-refractivity contribution in [2.45, 2.75) is 37.6 Å². The number of unbranched alkanes of at least 4 members (excludes halogenated alkanes) is 3. The van der Waals surface area contributed by atoms with Crippen LogP contribution in [0.4, 0.5) is 0 Å². The highest BCUT2D eigenvalue weighted by atomic mass is 32.2. The van der Waals surface area contributed by atoms with Crippen LogP contribution in [-0.2, 0) is 0 Å². The Balaban J connectivity index is 2.01. The van der Waals surface area contributed by atoms with Crippen molar-refractivity contribution in [1.82, 2.24) is 14.2 Å². The van der Waals surface area contributed by atoms with Gasteiger partial charge in [-0.15, -0.1) is 11.8 Å². The summed E-state index contributed by atoms with van der Waals surface area (Å²) >= 11 is 6.08. The summed E-state index contributed by atoms with van der Waals surface area (Å²) in [5.41, 5.74) is 2.21. The van der Waals surface area contributed by atoms with E-state index in [0.29, 0.717) is 0 Å². The van der Waals surface area contributed by atoms with Gasteiger partial charge in [0.15, 0.2) is 0 Å². The maximum atomic E-state index is 4.42. The van der Waals surface area contributed by atoms with Crippen molar-refractivity contribution in [1.29, 1.82) is 0 Å². The van der Waals surface area contributed by atoms with Crippen LogP contribution in [0.25, 0.3) is 11.1 Å². The number of hydrogen-bond acceptors (Lipinski definition) is 4. The van der Waals surface area contributed by atoms with Gasteiger partial charge < -0.3 is 0 Å². The van der Waals surface area contributed by atoms with E-state index in [0.717, 1.165) is 21.9 Å². The second-order valence-electron chi connectivity index (χ2n) is 4.42. The average Bonchev–Trinajstić information content (AvgIpc) is 2.81. The first-order valence-electron chi connectivity index (χ1n) is 6.63. The van der Waals surface area contributed by atoms with Crippen molar-refractivity contribution in [3.8, 4) is 11.1 Å². The van der Waals surface area contributed by atoms with E-state index >= 15 is 0 Å². The fourth-order valence-electron chi connectivity index (χ4n) is 1.87. The van der Waals surface area contributed by atoms with Crippen molar-refractivity contribution in [3.63, 3.8) is 0 Å². The number of thioether (sulfide) groups is 1. The quantitative estimate of drug-likeness (QED) is 0.469. The molecule has 0 atom stereocenters. The molecule has 0 saturated carbocycles. The summed E-state index contributed by atoms with van der Waals surface area (Å²) in [4.78, 5) is 4.16. The molecule has 3 nitrogen and oxygen atoms in total. The monoisotopic (exact) mass is 293 g/mol. The molecule has 0 unspecified atom stereocenters. The lowest BCUT2D eigenvalue weighted by molar-refractivity contribution is 0.706. The largest absolute Gasteiger partial charge is 0.264 e. The van der Waals surface area contributed by atoms with Gasteiger partial charge in [0.25, 0.3) is 0 Å². The van der Waals surface area contributed by atoms with E-state index in [1.165, 1.54) is 25.7 Å². The number of pyridine rings is 1. The topological polar surface area (TPSA) is 30.7 Å². The molecule has 2 heterocycles. The number of nitrogens with zero attached hydrogens (tertiary/aromatic N) is 3. The molecule has 0 spiro atoms. The van der Waals surface area contributed by atoms with E-state index in [-0.39, 0.29) is 0 Å². The fourth-order valence-corrected chi connectivity index (χ4v) is 3.15. The SMILES string of the molecule is CCCCCCSc1nn(S)cc1-c1cccnc1. The Morgan fingerprint density at radius 1 is 1.32 bits per heavy atom. The van der Waals surface area contributed by atoms with E-state index in [1.54, 1.807) is 22.0 Å². The average molecular weight is 293 g/mol. The van der Waals surface area contributed by atoms with Crippen LogP contribution in [0.15, 0.2) is 35.7 Å². The van der Waals surface area contributed by atoms with Crippen LogP contribution in [0.1, 0.15) is 32.6 Å². The molecule has 0 saturated heterocycles. The molecule has 19 heavy (non-hydrogen) atoms. The third-order valence-corrected chi connectivity index (χ3v) is 4.15. The molecule has 0 aliphatic heterocycles. The number of aromatic nitrogens is 3. The molecule has 0 fully saturated rings. The summed E-state index contributed by atoms with van der Waals surface area (Å²) in [6, 6.07) is 4.00. The van der Waals surface area contributed by atoms with Gasteiger partial charge in [-0.1, -0.05) is 32.3 Å². The fraction of sp³-hybridized carbons (Fsp3) is 0.429. The first-order chi connectivity index (χ1) is 9.31. The third-order valence-electron chi connectivity index (χ3n) is 2.88. The van der Waals surface area contributed by atoms with E-state index in [4.69, 9.17) is 0 Å². The van der Waals surface area contributed by atoms with Gasteiger partial charge in [0.05, 0.1) is 0 Å². The van der Waals surface area contributed by atoms with Crippen LogP contribution in [-0.4, -0.2) is 19.9 Å². The Labute approximate surface area is 124 Å². The van der Waals surface area contributed by atoms with Crippen molar-refractivity contribution >= 4 is 24.6 Å². The summed E-state index contributed by atoms with van der Waals surface area (Å²) in [7, 11) is 0. The summed E-state index contributed by atoms with van der Waals surface area (Å²) in [5.74, 6) is 1.11. The highest BCUT2D eigenvalue weighted by molar-refractivity contribution is 7.99. The van der Waals surface area contributed by atoms with E-state index in [9.17, 15) is 0 Å². The third kappa shape index (κ3) is 4.28. The molecule has 2 aromatic heterocycles. The van der Waals surface area contributed by atoms with Crippen molar-refractivity contribution in [3.05, 3.63) is 30.7 Å². The Morgan fingerprint density at radius 3 is 2.95 bits per heavy atom. The van der Waals surface area contributed by atoms with Gasteiger partial charge in [0.2, 0.25) is 0 Å². The van der Waals surface area contributed by atoms with Crippen molar-refractivity contribution in [2.24, 2.45) is 0 Å². The molecule has 2 rings (SSSR count). The Bertz CT molecular complexity index is 497. The number of thiol groups is 1. The molecule has 0 aliphatic rings. The van der Waals surface area contributed by atoms with Gasteiger partial charge >= 0.3 is 0 Å². The number of rotatable bonds is 7. The molecule has 5 heteroatoms. The highest BCUT2D eigenvalue weighted by Crippen LogP contribution is 2.30. The molecule has 0 radical (unpaired) electrons. The van der Waals surface area contributed by atoms with Gasteiger partial charge in [-0.2, -0.15) is 5.10 Å². The van der Waals surface area contributed by atoms with Gasteiger partial charge in [0, 0.05) is 29.7 Å². The zero-order valence-electron chi connectivity index (χ0n) is 11.1. The predicted molar refractivity (Wildman–Crippen MR) is 84.7 cm³/mol. The van der Waals surface area contributed by atoms with Crippen LogP contribution in [0.5, 0.6) is 0 Å². The summed E-state index contributed by atoms with van der Waals surface area (Å²) in [6.07, 6.45) is 10.7. The van der Waals surface area contributed by atoms with Gasteiger partial charge in [0.1, 0.15) is 5.03 Å². The minimum absolute atomic E-state index is 1.04. The first-order valence-corrected chi connectivity index (χ1v) is 8.02. The molecular formula is C14H19N3S2. The lowest BCUT2D eigenvalue weighted by Crippen LogP contribution is -1.85. The molecular weight excluding hydrogens is 274 g/mol. The Hall–Kier alpha value is -0.940. The van der Waals surface area contributed by atoms with Gasteiger partial charge in [-0.05, 0) is 31.1 Å². The molecule has 0 N–H and O–H groups in total. The van der Waals surface area contributed by atoms with E-state index in [1.807, 2.05) is 18.5 Å². The maximum absolute atomic E-state index is 4.42. The lowest BCUT2D eigenvalue weighted by atomic mass is 10.2. The minimum Gasteiger partial charge on any atom is -0.264 e. The zero-order valence-corrected chi connectivity index (χ0v) is 12.8. The normalized spacial score (nSPS) is 10.8. The Kier molecular flexibility index (Phi) is 5.79. The summed E-state index contributed by atoms with van der Waals surface area (Å²) in [5, 5.41) is 5.46. The predicted octanol–water partition coefficient (Wildman–Crippen LogP) is 4.31. The molecule has 0 amide bonds. The van der Waals surface area contributed by atoms with Crippen molar-refractivity contribution < 1.29 is 0 Å². The Morgan fingerprint density at radius 2 is 2.21 bits per heavy atom. The summed E-state index contributed by atoms with van der Waals surface area (Å²) in [6.45, 7) is 2.23. The molecule has 0 aromatic carbocycles. The minimum atomic E-state index is 1.04. The number of hydrogen-bond donors (Lipinski definition) is 1. The zero-order chi connectivity index (χ0) is 13.5. The van der Waals surface area contributed by atoms with E-state index < -0.39 is 0 Å². The lowest BCUT2D eigenvalue weighted by Gasteiger charge is -2.02. The standard InChI is InChI=1S/C14H19N3S2/c1-2-3-4-5-9-19-14-13(11-17(18)16-14)12-7-6-8-15-10-12/h6-8,10-11,18H,2-5,9H2,1H3. The second kappa shape index (κ2) is 7.60. The maximum Gasteiger partial charge on any atom is 0.127 e. The van der Waals surface area contributed by atoms with Crippen LogP contribution in [0.2, 0.25) is 0 Å². The van der Waals surface area contributed by atoms with Gasteiger partial charge in [-0.3, -0.25) is 4.98 Å². The van der Waals surface area contributed by atoms with Crippen LogP contribution in [0.3, 0.4) is 0 Å². The first kappa shape index (κ1) is 14.5. The molecule has 0 aliphatic carbocycles.